The van der Waals surface area contributed by atoms with Crippen molar-refractivity contribution in [2.45, 2.75) is 58.2 Å². The molecule has 5 atom stereocenters. The van der Waals surface area contributed by atoms with E-state index in [-0.39, 0.29) is 36.4 Å². The van der Waals surface area contributed by atoms with Crippen LogP contribution >= 0.6 is 19.4 Å². The second-order valence-electron chi connectivity index (χ2n) is 7.96. The first-order valence-electron chi connectivity index (χ1n) is 10.2. The summed E-state index contributed by atoms with van der Waals surface area (Å²) in [5.74, 6) is -0.578. The van der Waals surface area contributed by atoms with E-state index in [1.807, 2.05) is 0 Å². The van der Waals surface area contributed by atoms with Crippen LogP contribution in [0, 0.1) is 5.92 Å². The maximum absolute atomic E-state index is 12.9. The van der Waals surface area contributed by atoms with Gasteiger partial charge in [-0.05, 0) is 31.9 Å². The van der Waals surface area contributed by atoms with E-state index in [0.29, 0.717) is 24.0 Å². The number of phosphoric acid groups is 1. The number of anilines is 1. The number of nitrogens with zero attached hydrogens (tertiary/aromatic N) is 4. The van der Waals surface area contributed by atoms with Crippen LogP contribution in [0.2, 0.25) is 5.28 Å². The van der Waals surface area contributed by atoms with Gasteiger partial charge in [-0.3, -0.25) is 22.9 Å². The maximum atomic E-state index is 12.9. The summed E-state index contributed by atoms with van der Waals surface area (Å²) >= 11 is 5.92. The number of halogens is 1. The summed E-state index contributed by atoms with van der Waals surface area (Å²) in [5, 5.41) is -0.00356. The lowest BCUT2D eigenvalue weighted by Crippen LogP contribution is -2.33. The molecule has 12 nitrogen and oxygen atoms in total. The fraction of sp³-hybridized carbons (Fsp3) is 0.667. The summed E-state index contributed by atoms with van der Waals surface area (Å²) in [5.41, 5.74) is 6.68. The largest absolute Gasteiger partial charge is 0.475 e. The molecule has 176 valence electrons. The minimum atomic E-state index is -3.79. The molecule has 2 aliphatic rings. The average molecular weight is 490 g/mol. The Bertz CT molecular complexity index is 1050. The summed E-state index contributed by atoms with van der Waals surface area (Å²) in [6.07, 6.45) is 0.550. The summed E-state index contributed by atoms with van der Waals surface area (Å²) in [4.78, 5) is 24.2. The number of esters is 1. The first-order chi connectivity index (χ1) is 15.1. The van der Waals surface area contributed by atoms with Crippen LogP contribution in [0.1, 0.15) is 39.8 Å². The van der Waals surface area contributed by atoms with E-state index >= 15 is 0 Å². The highest BCUT2D eigenvalue weighted by Crippen LogP contribution is 2.56. The highest BCUT2D eigenvalue weighted by Gasteiger charge is 2.48. The second-order valence-corrected chi connectivity index (χ2v) is 9.92. The molecule has 2 saturated heterocycles. The molecular weight excluding hydrogens is 465 g/mol. The van der Waals surface area contributed by atoms with Gasteiger partial charge in [0.2, 0.25) is 5.28 Å². The van der Waals surface area contributed by atoms with E-state index in [1.54, 1.807) is 25.3 Å². The standard InChI is InChI=1S/C18H25ClN5O7P/c1-9(2)29-17(25)10(3)4-5-27-32(26)28-7-12-11(31-32)6-13(30-12)24-8-21-14-15(20)22-18(19)23-16(14)24/h8-13H,4-7H2,1-3H3,(H2,20,22,23)/t10-,11-,12+,13+,32+/m0/s1. The van der Waals surface area contributed by atoms with Crippen molar-refractivity contribution in [1.29, 1.82) is 0 Å². The van der Waals surface area contributed by atoms with Crippen LogP contribution < -0.4 is 5.73 Å². The van der Waals surface area contributed by atoms with E-state index in [4.69, 9.17) is 40.4 Å². The third-order valence-electron chi connectivity index (χ3n) is 5.13. The van der Waals surface area contributed by atoms with Gasteiger partial charge in [0, 0.05) is 6.42 Å². The second kappa shape index (κ2) is 9.20. The minimum absolute atomic E-state index is 0.00356. The summed E-state index contributed by atoms with van der Waals surface area (Å²) in [6, 6.07) is 0. The predicted molar refractivity (Wildman–Crippen MR) is 113 cm³/mol. The molecule has 0 radical (unpaired) electrons. The first-order valence-corrected chi connectivity index (χ1v) is 12.1. The van der Waals surface area contributed by atoms with Gasteiger partial charge in [-0.1, -0.05) is 6.92 Å². The molecule has 2 aromatic heterocycles. The van der Waals surface area contributed by atoms with Crippen LogP contribution in [0.15, 0.2) is 6.33 Å². The van der Waals surface area contributed by atoms with Gasteiger partial charge in [-0.25, -0.2) is 9.55 Å². The number of hydrogen-bond acceptors (Lipinski definition) is 11. The van der Waals surface area contributed by atoms with E-state index in [1.165, 1.54) is 6.33 Å². The SMILES string of the molecule is CC(C)OC(=O)[C@@H](C)CCO[P@]1(=O)OC[C@H]2O[C@@H](n3cnc4c(N)nc(Cl)nc43)C[C@@H]2O1. The Balaban J connectivity index is 1.36. The molecule has 2 aromatic rings. The molecule has 14 heteroatoms. The number of carbonyl (C=O) groups excluding carboxylic acids is 1. The molecule has 32 heavy (non-hydrogen) atoms. The molecule has 2 fully saturated rings. The fourth-order valence-corrected chi connectivity index (χ4v) is 5.07. The van der Waals surface area contributed by atoms with Crippen molar-refractivity contribution in [2.75, 3.05) is 18.9 Å². The lowest BCUT2D eigenvalue weighted by Gasteiger charge is -2.30. The number of phosphoric ester groups is 1. The van der Waals surface area contributed by atoms with Gasteiger partial charge in [0.05, 0.1) is 31.6 Å². The van der Waals surface area contributed by atoms with Crippen LogP contribution in [0.25, 0.3) is 11.2 Å². The molecule has 0 aromatic carbocycles. The number of nitrogen functional groups attached to an aromatic ring is 1. The molecule has 0 spiro atoms. The molecule has 4 rings (SSSR count). The summed E-state index contributed by atoms with van der Waals surface area (Å²) < 4.78 is 42.1. The van der Waals surface area contributed by atoms with E-state index in [0.717, 1.165) is 0 Å². The lowest BCUT2D eigenvalue weighted by molar-refractivity contribution is -0.152. The Morgan fingerprint density at radius 2 is 2.16 bits per heavy atom. The molecule has 0 amide bonds. The van der Waals surface area contributed by atoms with Crippen molar-refractivity contribution >= 4 is 42.4 Å². The average Bonchev–Trinajstić information content (AvgIpc) is 3.30. The number of fused-ring (bicyclic) bond motifs is 2. The number of nitrogens with two attached hydrogens (primary N) is 1. The topological polar surface area (TPSA) is 150 Å². The zero-order valence-electron chi connectivity index (χ0n) is 17.8. The zero-order valence-corrected chi connectivity index (χ0v) is 19.5. The third-order valence-corrected chi connectivity index (χ3v) is 6.79. The Morgan fingerprint density at radius 3 is 2.91 bits per heavy atom. The first kappa shape index (κ1) is 23.3. The smallest absolute Gasteiger partial charge is 0.463 e. The molecule has 0 aliphatic carbocycles. The Hall–Kier alpha value is -1.82. The number of ether oxygens (including phenoxy) is 2. The van der Waals surface area contributed by atoms with Gasteiger partial charge in [-0.15, -0.1) is 0 Å². The highest BCUT2D eigenvalue weighted by atomic mass is 35.5. The Morgan fingerprint density at radius 1 is 1.38 bits per heavy atom. The van der Waals surface area contributed by atoms with Crippen LogP contribution in [0.5, 0.6) is 0 Å². The number of carbonyl (C=O) groups is 1. The van der Waals surface area contributed by atoms with Crippen molar-refractivity contribution in [1.82, 2.24) is 19.5 Å². The monoisotopic (exact) mass is 489 g/mol. The van der Waals surface area contributed by atoms with Gasteiger partial charge >= 0.3 is 13.8 Å². The van der Waals surface area contributed by atoms with Crippen molar-refractivity contribution in [3.8, 4) is 0 Å². The number of imidazole rings is 1. The molecule has 0 bridgehead atoms. The van der Waals surface area contributed by atoms with Gasteiger partial charge in [0.25, 0.3) is 0 Å². The maximum Gasteiger partial charge on any atom is 0.475 e. The van der Waals surface area contributed by atoms with E-state index < -0.39 is 32.2 Å². The zero-order chi connectivity index (χ0) is 23.0. The Kier molecular flexibility index (Phi) is 6.71. The summed E-state index contributed by atoms with van der Waals surface area (Å²) in [6.45, 7) is 5.33. The fourth-order valence-electron chi connectivity index (χ4n) is 3.49. The third kappa shape index (κ3) is 4.90. The Labute approximate surface area is 189 Å². The van der Waals surface area contributed by atoms with Crippen molar-refractivity contribution in [2.24, 2.45) is 5.92 Å². The van der Waals surface area contributed by atoms with Crippen molar-refractivity contribution in [3.05, 3.63) is 11.6 Å². The summed E-state index contributed by atoms with van der Waals surface area (Å²) in [7, 11) is -3.79. The molecule has 2 aliphatic heterocycles. The molecule has 0 unspecified atom stereocenters. The normalized spacial score (nSPS) is 28.7. The van der Waals surface area contributed by atoms with Crippen LogP contribution in [-0.4, -0.2) is 57.0 Å². The van der Waals surface area contributed by atoms with Gasteiger partial charge in [0.1, 0.15) is 24.0 Å². The molecule has 4 heterocycles. The lowest BCUT2D eigenvalue weighted by atomic mass is 10.1. The molecule has 0 saturated carbocycles. The number of aromatic nitrogens is 4. The predicted octanol–water partition coefficient (Wildman–Crippen LogP) is 2.87. The molecular formula is C18H25ClN5O7P. The highest BCUT2D eigenvalue weighted by molar-refractivity contribution is 7.48. The van der Waals surface area contributed by atoms with Crippen LogP contribution in [0.3, 0.4) is 0 Å². The van der Waals surface area contributed by atoms with Crippen LogP contribution in [0.4, 0.5) is 5.82 Å². The van der Waals surface area contributed by atoms with Gasteiger partial charge in [0.15, 0.2) is 11.5 Å². The quantitative estimate of drug-likeness (QED) is 0.347. The van der Waals surface area contributed by atoms with Crippen LogP contribution in [-0.2, 0) is 32.4 Å². The van der Waals surface area contributed by atoms with E-state index in [9.17, 15) is 9.36 Å². The minimum Gasteiger partial charge on any atom is -0.463 e. The van der Waals surface area contributed by atoms with Gasteiger partial charge < -0.3 is 15.2 Å². The number of hydrogen-bond donors (Lipinski definition) is 1. The number of rotatable bonds is 7. The van der Waals surface area contributed by atoms with Crippen molar-refractivity contribution < 1.29 is 32.4 Å². The molecule has 2 N–H and O–H groups in total. The van der Waals surface area contributed by atoms with Gasteiger partial charge in [-0.2, -0.15) is 9.97 Å². The van der Waals surface area contributed by atoms with E-state index in [2.05, 4.69) is 15.0 Å². The van der Waals surface area contributed by atoms with Crippen molar-refractivity contribution in [3.63, 3.8) is 0 Å².